The van der Waals surface area contributed by atoms with Gasteiger partial charge in [-0.3, -0.25) is 9.10 Å². The number of carbonyl (C=O) groups excluding carboxylic acids is 1. The van der Waals surface area contributed by atoms with Crippen molar-refractivity contribution in [3.8, 4) is 11.4 Å². The maximum absolute atomic E-state index is 13.6. The lowest BCUT2D eigenvalue weighted by Crippen LogP contribution is -2.39. The molecule has 0 atom stereocenters. The van der Waals surface area contributed by atoms with Gasteiger partial charge in [0.1, 0.15) is 12.3 Å². The topological polar surface area (TPSA) is 93.0 Å². The molecule has 1 N–H and O–H groups in total. The SMILES string of the molecule is CCOc1ccc(N(CC(=O)N/N=C\c2cc(C)n(-c3c(C)cccc3C)c2C)S(=O)(=O)c2ccc(Cl)cc2)cc1. The van der Waals surface area contributed by atoms with Crippen LogP contribution in [0.3, 0.4) is 0 Å². The molecule has 0 aliphatic rings. The lowest BCUT2D eigenvalue weighted by atomic mass is 10.1. The fourth-order valence-corrected chi connectivity index (χ4v) is 6.23. The molecule has 4 rings (SSSR count). The molecule has 0 fully saturated rings. The van der Waals surface area contributed by atoms with E-state index >= 15 is 0 Å². The Balaban J connectivity index is 1.57. The third-order valence-electron chi connectivity index (χ3n) is 6.65. The van der Waals surface area contributed by atoms with Crippen molar-refractivity contribution in [2.45, 2.75) is 39.5 Å². The number of nitrogens with one attached hydrogen (secondary N) is 1. The van der Waals surface area contributed by atoms with E-state index in [4.69, 9.17) is 16.3 Å². The minimum atomic E-state index is -4.10. The summed E-state index contributed by atoms with van der Waals surface area (Å²) in [6.45, 7) is 10.0. The van der Waals surface area contributed by atoms with E-state index in [1.54, 1.807) is 30.5 Å². The molecule has 0 bridgehead atoms. The molecule has 0 saturated heterocycles. The van der Waals surface area contributed by atoms with E-state index in [1.165, 1.54) is 24.3 Å². The molecule has 3 aromatic carbocycles. The second-order valence-electron chi connectivity index (χ2n) is 9.59. The van der Waals surface area contributed by atoms with Crippen LogP contribution in [0.15, 0.2) is 82.8 Å². The first-order valence-corrected chi connectivity index (χ1v) is 14.9. The van der Waals surface area contributed by atoms with Gasteiger partial charge in [-0.05, 0) is 100 Å². The summed E-state index contributed by atoms with van der Waals surface area (Å²) in [4.78, 5) is 13.0. The highest BCUT2D eigenvalue weighted by Gasteiger charge is 2.27. The average Bonchev–Trinajstić information content (AvgIpc) is 3.20. The quantitative estimate of drug-likeness (QED) is 0.178. The van der Waals surface area contributed by atoms with E-state index in [-0.39, 0.29) is 4.90 Å². The fraction of sp³-hybridized carbons (Fsp3) is 0.226. The van der Waals surface area contributed by atoms with E-state index in [9.17, 15) is 13.2 Å². The lowest BCUT2D eigenvalue weighted by molar-refractivity contribution is -0.119. The average molecular weight is 593 g/mol. The van der Waals surface area contributed by atoms with Crippen LogP contribution < -0.4 is 14.5 Å². The molecule has 4 aromatic rings. The van der Waals surface area contributed by atoms with Gasteiger partial charge in [0.15, 0.2) is 0 Å². The van der Waals surface area contributed by atoms with Crippen LogP contribution in [0.5, 0.6) is 5.75 Å². The third-order valence-corrected chi connectivity index (χ3v) is 8.69. The normalized spacial score (nSPS) is 11.6. The number of ether oxygens (including phenoxy) is 1. The number of rotatable bonds is 10. The van der Waals surface area contributed by atoms with E-state index in [0.717, 1.165) is 38.1 Å². The molecule has 0 spiro atoms. The first-order chi connectivity index (χ1) is 19.5. The van der Waals surface area contributed by atoms with Gasteiger partial charge >= 0.3 is 0 Å². The number of halogens is 1. The van der Waals surface area contributed by atoms with Crippen molar-refractivity contribution in [1.82, 2.24) is 9.99 Å². The van der Waals surface area contributed by atoms with Crippen molar-refractivity contribution in [1.29, 1.82) is 0 Å². The number of carbonyl (C=O) groups is 1. The van der Waals surface area contributed by atoms with E-state index < -0.39 is 22.5 Å². The van der Waals surface area contributed by atoms with Crippen LogP contribution >= 0.6 is 11.6 Å². The van der Waals surface area contributed by atoms with Gasteiger partial charge in [0.25, 0.3) is 15.9 Å². The van der Waals surface area contributed by atoms with Crippen LogP contribution in [0.2, 0.25) is 5.02 Å². The lowest BCUT2D eigenvalue weighted by Gasteiger charge is -2.24. The predicted octanol–water partition coefficient (Wildman–Crippen LogP) is 6.11. The van der Waals surface area contributed by atoms with E-state index in [0.29, 0.717) is 23.1 Å². The van der Waals surface area contributed by atoms with Gasteiger partial charge in [0.05, 0.1) is 29.1 Å². The van der Waals surface area contributed by atoms with Crippen molar-refractivity contribution in [2.24, 2.45) is 5.10 Å². The van der Waals surface area contributed by atoms with Crippen LogP contribution in [0.4, 0.5) is 5.69 Å². The molecular formula is C31H33ClN4O4S. The third kappa shape index (κ3) is 6.64. The Morgan fingerprint density at radius 1 is 1.00 bits per heavy atom. The fourth-order valence-electron chi connectivity index (χ4n) is 4.68. The van der Waals surface area contributed by atoms with Gasteiger partial charge in [-0.1, -0.05) is 29.8 Å². The van der Waals surface area contributed by atoms with Crippen molar-refractivity contribution in [3.63, 3.8) is 0 Å². The molecule has 10 heteroatoms. The van der Waals surface area contributed by atoms with Crippen LogP contribution in [0.25, 0.3) is 5.69 Å². The van der Waals surface area contributed by atoms with E-state index in [2.05, 4.69) is 41.1 Å². The number of para-hydroxylation sites is 1. The van der Waals surface area contributed by atoms with Gasteiger partial charge in [-0.15, -0.1) is 0 Å². The summed E-state index contributed by atoms with van der Waals surface area (Å²) >= 11 is 5.97. The number of anilines is 1. The molecule has 0 saturated carbocycles. The van der Waals surface area contributed by atoms with Crippen LogP contribution in [-0.2, 0) is 14.8 Å². The number of hydrazone groups is 1. The molecule has 1 aromatic heterocycles. The maximum Gasteiger partial charge on any atom is 0.264 e. The van der Waals surface area contributed by atoms with E-state index in [1.807, 2.05) is 32.9 Å². The first kappa shape index (κ1) is 29.9. The number of amides is 1. The number of hydrogen-bond acceptors (Lipinski definition) is 5. The number of aromatic nitrogens is 1. The highest BCUT2D eigenvalue weighted by Crippen LogP contribution is 2.27. The number of benzene rings is 3. The molecule has 0 unspecified atom stereocenters. The van der Waals surface area contributed by atoms with Crippen LogP contribution in [0, 0.1) is 27.7 Å². The van der Waals surface area contributed by atoms with Crippen LogP contribution in [-0.4, -0.2) is 38.3 Å². The zero-order valence-electron chi connectivity index (χ0n) is 23.7. The van der Waals surface area contributed by atoms with Gasteiger partial charge in [-0.2, -0.15) is 5.10 Å². The molecule has 1 heterocycles. The second kappa shape index (κ2) is 12.6. The number of nitrogens with zero attached hydrogens (tertiary/aromatic N) is 3. The maximum atomic E-state index is 13.6. The Hall–Kier alpha value is -4.08. The predicted molar refractivity (Wildman–Crippen MR) is 164 cm³/mol. The minimum Gasteiger partial charge on any atom is -0.494 e. The van der Waals surface area contributed by atoms with Crippen molar-refractivity contribution in [2.75, 3.05) is 17.5 Å². The van der Waals surface area contributed by atoms with Crippen molar-refractivity contribution < 1.29 is 17.9 Å². The molecule has 1 amide bonds. The van der Waals surface area contributed by atoms with Crippen molar-refractivity contribution in [3.05, 3.63) is 106 Å². The molecule has 0 aliphatic carbocycles. The summed E-state index contributed by atoms with van der Waals surface area (Å²) < 4.78 is 35.9. The molecule has 8 nitrogen and oxygen atoms in total. The Bertz CT molecular complexity index is 1660. The zero-order chi connectivity index (χ0) is 29.7. The Labute approximate surface area is 246 Å². The summed E-state index contributed by atoms with van der Waals surface area (Å²) in [6.07, 6.45) is 1.57. The second-order valence-corrected chi connectivity index (χ2v) is 11.9. The Morgan fingerprint density at radius 3 is 2.24 bits per heavy atom. The van der Waals surface area contributed by atoms with Gasteiger partial charge < -0.3 is 9.30 Å². The molecular weight excluding hydrogens is 560 g/mol. The zero-order valence-corrected chi connectivity index (χ0v) is 25.3. The van der Waals surface area contributed by atoms with Gasteiger partial charge in [0, 0.05) is 22.0 Å². The molecule has 214 valence electrons. The highest BCUT2D eigenvalue weighted by molar-refractivity contribution is 7.92. The van der Waals surface area contributed by atoms with Gasteiger partial charge in [0.2, 0.25) is 0 Å². The summed E-state index contributed by atoms with van der Waals surface area (Å²) in [5, 5.41) is 4.55. The summed E-state index contributed by atoms with van der Waals surface area (Å²) in [5.74, 6) is -0.0103. The van der Waals surface area contributed by atoms with Gasteiger partial charge in [-0.25, -0.2) is 13.8 Å². The molecule has 0 radical (unpaired) electrons. The largest absolute Gasteiger partial charge is 0.494 e. The summed E-state index contributed by atoms with van der Waals surface area (Å²) in [7, 11) is -4.10. The monoisotopic (exact) mass is 592 g/mol. The number of aryl methyl sites for hydroxylation is 3. The summed E-state index contributed by atoms with van der Waals surface area (Å²) in [5.41, 5.74) is 9.05. The first-order valence-electron chi connectivity index (χ1n) is 13.1. The molecule has 41 heavy (non-hydrogen) atoms. The van der Waals surface area contributed by atoms with Crippen LogP contribution in [0.1, 0.15) is 35.0 Å². The highest BCUT2D eigenvalue weighted by atomic mass is 35.5. The Morgan fingerprint density at radius 2 is 1.63 bits per heavy atom. The minimum absolute atomic E-state index is 0.00558. The summed E-state index contributed by atoms with van der Waals surface area (Å²) in [6, 6.07) is 20.5. The standard InChI is InChI=1S/C31H33ClN4O4S/c1-6-40-28-14-12-27(13-15-28)35(41(38,39)29-16-10-26(32)11-17-29)20-30(37)34-33-19-25-18-23(4)36(24(25)5)31-21(2)8-7-9-22(31)3/h7-19H,6,20H2,1-5H3,(H,34,37)/b33-19-. The number of sulfonamides is 1. The molecule has 0 aliphatic heterocycles. The number of hydrogen-bond donors (Lipinski definition) is 1. The van der Waals surface area contributed by atoms with Crippen molar-refractivity contribution >= 4 is 39.4 Å². The Kier molecular flexibility index (Phi) is 9.20. The smallest absolute Gasteiger partial charge is 0.264 e.